The Morgan fingerprint density at radius 2 is 2.08 bits per heavy atom. The van der Waals surface area contributed by atoms with Crippen LogP contribution in [0.15, 0.2) is 12.5 Å². The van der Waals surface area contributed by atoms with Gasteiger partial charge in [0.25, 0.3) is 5.91 Å². The highest BCUT2D eigenvalue weighted by molar-refractivity contribution is 8.01. The van der Waals surface area contributed by atoms with Crippen molar-refractivity contribution in [3.05, 3.63) is 18.2 Å². The molecule has 0 N–H and O–H groups in total. The first-order valence-electron chi connectivity index (χ1n) is 8.85. The number of imidazole rings is 1. The number of rotatable bonds is 4. The Balaban J connectivity index is 1.23. The summed E-state index contributed by atoms with van der Waals surface area (Å²) in [7, 11) is 1.86. The molecule has 4 heterocycles. The predicted octanol–water partition coefficient (Wildman–Crippen LogP) is 0.759. The van der Waals surface area contributed by atoms with Crippen molar-refractivity contribution in [2.75, 3.05) is 38.5 Å². The largest absolute Gasteiger partial charge is 0.367 e. The van der Waals surface area contributed by atoms with Crippen LogP contribution in [0, 0.1) is 0 Å². The molecule has 25 heavy (non-hydrogen) atoms. The lowest BCUT2D eigenvalue weighted by Gasteiger charge is -2.47. The quantitative estimate of drug-likeness (QED) is 0.789. The maximum Gasteiger partial charge on any atom is 0.274 e. The van der Waals surface area contributed by atoms with Gasteiger partial charge in [0.05, 0.1) is 17.2 Å². The Kier molecular flexibility index (Phi) is 4.49. The third kappa shape index (κ3) is 3.42. The van der Waals surface area contributed by atoms with Crippen molar-refractivity contribution in [3.63, 3.8) is 0 Å². The average Bonchev–Trinajstić information content (AvgIpc) is 3.30. The van der Waals surface area contributed by atoms with Crippen molar-refractivity contribution in [1.29, 1.82) is 0 Å². The van der Waals surface area contributed by atoms with Gasteiger partial charge in [-0.15, -0.1) is 11.8 Å². The molecular formula is C17H24N4O3S. The van der Waals surface area contributed by atoms with E-state index in [0.717, 1.165) is 51.2 Å². The first kappa shape index (κ1) is 16.9. The second-order valence-electron chi connectivity index (χ2n) is 7.30. The summed E-state index contributed by atoms with van der Waals surface area (Å²) in [5, 5.41) is 0. The number of aryl methyl sites for hydroxylation is 1. The van der Waals surface area contributed by atoms with Crippen LogP contribution in [-0.4, -0.2) is 80.6 Å². The van der Waals surface area contributed by atoms with E-state index < -0.39 is 0 Å². The fourth-order valence-electron chi connectivity index (χ4n) is 3.86. The summed E-state index contributed by atoms with van der Waals surface area (Å²) in [5.41, 5.74) is 0.504. The van der Waals surface area contributed by atoms with E-state index in [1.165, 1.54) is 0 Å². The van der Waals surface area contributed by atoms with Gasteiger partial charge >= 0.3 is 0 Å². The molecule has 7 nitrogen and oxygen atoms in total. The summed E-state index contributed by atoms with van der Waals surface area (Å²) in [6, 6.07) is 0. The molecule has 3 fully saturated rings. The smallest absolute Gasteiger partial charge is 0.274 e. The molecule has 4 rings (SSSR count). The lowest BCUT2D eigenvalue weighted by Crippen LogP contribution is -2.60. The molecule has 1 atom stereocenters. The number of carbonyl (C=O) groups is 2. The Bertz CT molecular complexity index is 665. The molecule has 1 aromatic rings. The number of amides is 2. The molecule has 8 heteroatoms. The summed E-state index contributed by atoms with van der Waals surface area (Å²) in [4.78, 5) is 32.3. The van der Waals surface area contributed by atoms with Crippen LogP contribution in [0.5, 0.6) is 0 Å². The number of likely N-dealkylation sites (tertiary alicyclic amines) is 2. The zero-order valence-electron chi connectivity index (χ0n) is 14.5. The highest BCUT2D eigenvalue weighted by Gasteiger charge is 2.51. The van der Waals surface area contributed by atoms with Gasteiger partial charge in [-0.1, -0.05) is 0 Å². The summed E-state index contributed by atoms with van der Waals surface area (Å²) < 4.78 is 7.75. The van der Waals surface area contributed by atoms with Crippen LogP contribution in [-0.2, 0) is 16.6 Å². The van der Waals surface area contributed by atoms with Crippen LogP contribution in [0.3, 0.4) is 0 Å². The van der Waals surface area contributed by atoms with E-state index in [1.807, 2.05) is 28.6 Å². The Hall–Kier alpha value is -1.54. The highest BCUT2D eigenvalue weighted by atomic mass is 32.2. The van der Waals surface area contributed by atoms with E-state index in [1.54, 1.807) is 17.1 Å². The topological polar surface area (TPSA) is 67.7 Å². The maximum absolute atomic E-state index is 12.4. The van der Waals surface area contributed by atoms with Gasteiger partial charge < -0.3 is 19.1 Å². The molecule has 0 aliphatic carbocycles. The summed E-state index contributed by atoms with van der Waals surface area (Å²) >= 11 is 1.88. The van der Waals surface area contributed by atoms with Crippen molar-refractivity contribution >= 4 is 23.6 Å². The van der Waals surface area contributed by atoms with E-state index in [2.05, 4.69) is 4.98 Å². The number of carbonyl (C=O) groups excluding carboxylic acids is 2. The fraction of sp³-hybridized carbons (Fsp3) is 0.706. The molecule has 1 spiro atoms. The zero-order chi connectivity index (χ0) is 17.4. The van der Waals surface area contributed by atoms with Crippen LogP contribution in [0.1, 0.15) is 29.8 Å². The highest BCUT2D eigenvalue weighted by Crippen LogP contribution is 2.46. The van der Waals surface area contributed by atoms with Crippen LogP contribution < -0.4 is 0 Å². The van der Waals surface area contributed by atoms with Crippen molar-refractivity contribution in [1.82, 2.24) is 19.4 Å². The molecule has 1 unspecified atom stereocenters. The predicted molar refractivity (Wildman–Crippen MR) is 94.5 cm³/mol. The number of ether oxygens (including phenoxy) is 1. The van der Waals surface area contributed by atoms with Gasteiger partial charge in [0.1, 0.15) is 12.3 Å². The molecular weight excluding hydrogens is 340 g/mol. The molecule has 1 aromatic heterocycles. The van der Waals surface area contributed by atoms with Crippen molar-refractivity contribution in [2.45, 2.75) is 30.1 Å². The molecule has 0 aromatic carbocycles. The fourth-order valence-corrected chi connectivity index (χ4v) is 5.41. The molecule has 0 bridgehead atoms. The van der Waals surface area contributed by atoms with E-state index in [4.69, 9.17) is 4.74 Å². The van der Waals surface area contributed by atoms with Gasteiger partial charge in [-0.25, -0.2) is 4.98 Å². The molecule has 3 aliphatic rings. The minimum atomic E-state index is 0.000375. The number of nitrogens with zero attached hydrogens (tertiary/aromatic N) is 4. The first-order chi connectivity index (χ1) is 12.0. The third-order valence-electron chi connectivity index (χ3n) is 5.25. The molecule has 3 aliphatic heterocycles. The molecule has 0 saturated carbocycles. The lowest BCUT2D eigenvalue weighted by molar-refractivity contribution is -0.136. The Morgan fingerprint density at radius 1 is 1.32 bits per heavy atom. The maximum atomic E-state index is 12.4. The van der Waals surface area contributed by atoms with Crippen molar-refractivity contribution < 1.29 is 14.3 Å². The summed E-state index contributed by atoms with van der Waals surface area (Å²) in [6.45, 7) is 3.42. The Morgan fingerprint density at radius 3 is 2.76 bits per heavy atom. The minimum Gasteiger partial charge on any atom is -0.367 e. The van der Waals surface area contributed by atoms with Gasteiger partial charge in [0, 0.05) is 45.2 Å². The second kappa shape index (κ2) is 6.64. The lowest BCUT2D eigenvalue weighted by atomic mass is 9.92. The third-order valence-corrected chi connectivity index (χ3v) is 6.82. The number of thioether (sulfide) groups is 1. The summed E-state index contributed by atoms with van der Waals surface area (Å²) in [6.07, 6.45) is 6.64. The van der Waals surface area contributed by atoms with Crippen LogP contribution >= 0.6 is 11.8 Å². The molecule has 0 radical (unpaired) electrons. The molecule has 2 amide bonds. The van der Waals surface area contributed by atoms with Crippen LogP contribution in [0.2, 0.25) is 0 Å². The van der Waals surface area contributed by atoms with Gasteiger partial charge in [-0.2, -0.15) is 0 Å². The van der Waals surface area contributed by atoms with Gasteiger partial charge in [0.15, 0.2) is 0 Å². The van der Waals surface area contributed by atoms with E-state index in [0.29, 0.717) is 5.69 Å². The Labute approximate surface area is 151 Å². The molecule has 136 valence electrons. The van der Waals surface area contributed by atoms with E-state index in [-0.39, 0.29) is 29.3 Å². The second-order valence-corrected chi connectivity index (χ2v) is 8.79. The van der Waals surface area contributed by atoms with Crippen molar-refractivity contribution in [2.24, 2.45) is 7.05 Å². The first-order valence-corrected chi connectivity index (χ1v) is 9.84. The van der Waals surface area contributed by atoms with Crippen molar-refractivity contribution in [3.8, 4) is 0 Å². The normalized spacial score (nSPS) is 24.8. The number of hydrogen-bond donors (Lipinski definition) is 0. The monoisotopic (exact) mass is 364 g/mol. The average molecular weight is 364 g/mol. The number of hydrogen-bond acceptors (Lipinski definition) is 5. The minimum absolute atomic E-state index is 0.000375. The van der Waals surface area contributed by atoms with Crippen LogP contribution in [0.4, 0.5) is 0 Å². The zero-order valence-corrected chi connectivity index (χ0v) is 15.3. The van der Waals surface area contributed by atoms with Gasteiger partial charge in [-0.05, 0) is 19.3 Å². The molecule has 3 saturated heterocycles. The summed E-state index contributed by atoms with van der Waals surface area (Å²) in [5.74, 6) is 1.02. The SMILES string of the molecule is Cn1cnc(C(=O)N2CC3(CC(OCC(=O)N4CCCC4)CS3)C2)c1. The number of aromatic nitrogens is 2. The van der Waals surface area contributed by atoms with E-state index in [9.17, 15) is 9.59 Å². The van der Waals surface area contributed by atoms with Gasteiger partial charge in [-0.3, -0.25) is 9.59 Å². The van der Waals surface area contributed by atoms with E-state index >= 15 is 0 Å². The van der Waals surface area contributed by atoms with Gasteiger partial charge in [0.2, 0.25) is 5.91 Å². The van der Waals surface area contributed by atoms with Crippen LogP contribution in [0.25, 0.3) is 0 Å². The standard InChI is InChI=1S/C17H24N4O3S/c1-19-7-14(18-12-19)16(23)21-10-17(11-21)6-13(9-25-17)24-8-15(22)20-4-2-3-5-20/h7,12-13H,2-6,8-11H2,1H3.